The molecule has 8 heteroatoms. The highest BCUT2D eigenvalue weighted by atomic mass is 19.1. The number of nitrogens with zero attached hydrogens (tertiary/aromatic N) is 2. The lowest BCUT2D eigenvalue weighted by atomic mass is 10.0. The van der Waals surface area contributed by atoms with Crippen LogP contribution in [0.4, 0.5) is 14.0 Å². The SMILES string of the molecule is CCCCOc1ccc(CNC(=O)N(Cc2ccc(F)cc2)C2CCN(C(=O)OC(C)(C)C)CC2)cc1. The molecule has 1 N–H and O–H groups in total. The molecule has 0 atom stereocenters. The largest absolute Gasteiger partial charge is 0.494 e. The van der Waals surface area contributed by atoms with Crippen LogP contribution in [0.15, 0.2) is 48.5 Å². The third-order valence-corrected chi connectivity index (χ3v) is 6.22. The molecule has 1 saturated heterocycles. The van der Waals surface area contributed by atoms with E-state index in [2.05, 4.69) is 12.2 Å². The molecule has 2 aromatic carbocycles. The Morgan fingerprint density at radius 2 is 1.65 bits per heavy atom. The minimum Gasteiger partial charge on any atom is -0.494 e. The van der Waals surface area contributed by atoms with Crippen LogP contribution in [-0.2, 0) is 17.8 Å². The molecule has 0 bridgehead atoms. The normalized spacial score (nSPS) is 14.2. The standard InChI is InChI=1S/C29H40FN3O4/c1-5-6-19-36-26-13-9-22(10-14-26)20-31-27(34)33(21-23-7-11-24(30)12-8-23)25-15-17-32(18-16-25)28(35)37-29(2,3)4/h7-14,25H,5-6,15-21H2,1-4H3,(H,31,34). The van der Waals surface area contributed by atoms with E-state index in [9.17, 15) is 14.0 Å². The summed E-state index contributed by atoms with van der Waals surface area (Å²) >= 11 is 0. The number of amides is 3. The van der Waals surface area contributed by atoms with Crippen LogP contribution >= 0.6 is 0 Å². The molecule has 7 nitrogen and oxygen atoms in total. The van der Waals surface area contributed by atoms with Crippen molar-refractivity contribution in [1.29, 1.82) is 0 Å². The Labute approximate surface area is 219 Å². The summed E-state index contributed by atoms with van der Waals surface area (Å²) in [4.78, 5) is 29.3. The molecule has 0 aliphatic carbocycles. The van der Waals surface area contributed by atoms with Crippen LogP contribution in [0, 0.1) is 5.82 Å². The van der Waals surface area contributed by atoms with E-state index in [0.717, 1.165) is 29.7 Å². The Morgan fingerprint density at radius 1 is 1.03 bits per heavy atom. The summed E-state index contributed by atoms with van der Waals surface area (Å²) in [6.45, 7) is 10.1. The van der Waals surface area contributed by atoms with Gasteiger partial charge in [-0.15, -0.1) is 0 Å². The third kappa shape index (κ3) is 9.26. The Bertz CT molecular complexity index is 997. The second kappa shape index (κ2) is 13.3. The van der Waals surface area contributed by atoms with Crippen molar-refractivity contribution in [1.82, 2.24) is 15.1 Å². The number of carbonyl (C=O) groups excluding carboxylic acids is 2. The molecule has 2 aromatic rings. The number of carbonyl (C=O) groups is 2. The lowest BCUT2D eigenvalue weighted by molar-refractivity contribution is 0.0161. The number of urea groups is 1. The van der Waals surface area contributed by atoms with Gasteiger partial charge in [0.25, 0.3) is 0 Å². The highest BCUT2D eigenvalue weighted by Crippen LogP contribution is 2.22. The van der Waals surface area contributed by atoms with Crippen molar-refractivity contribution in [2.45, 2.75) is 78.1 Å². The number of likely N-dealkylation sites (tertiary alicyclic amines) is 1. The minimum atomic E-state index is -0.553. The van der Waals surface area contributed by atoms with Gasteiger partial charge in [-0.05, 0) is 75.4 Å². The van der Waals surface area contributed by atoms with Crippen molar-refractivity contribution in [2.24, 2.45) is 0 Å². The number of halogens is 1. The van der Waals surface area contributed by atoms with E-state index in [1.807, 2.05) is 45.0 Å². The van der Waals surface area contributed by atoms with Crippen molar-refractivity contribution in [3.05, 3.63) is 65.5 Å². The second-order valence-electron chi connectivity index (χ2n) is 10.5. The maximum Gasteiger partial charge on any atom is 0.410 e. The van der Waals surface area contributed by atoms with Gasteiger partial charge >= 0.3 is 12.1 Å². The van der Waals surface area contributed by atoms with E-state index in [1.165, 1.54) is 12.1 Å². The molecule has 0 spiro atoms. The average molecular weight is 514 g/mol. The number of ether oxygens (including phenoxy) is 2. The van der Waals surface area contributed by atoms with E-state index >= 15 is 0 Å². The summed E-state index contributed by atoms with van der Waals surface area (Å²) in [5.41, 5.74) is 1.26. The van der Waals surface area contributed by atoms with Crippen LogP contribution in [0.3, 0.4) is 0 Å². The number of hydrogen-bond acceptors (Lipinski definition) is 4. The summed E-state index contributed by atoms with van der Waals surface area (Å²) in [6.07, 6.45) is 3.04. The van der Waals surface area contributed by atoms with Crippen LogP contribution < -0.4 is 10.1 Å². The molecule has 0 unspecified atom stereocenters. The van der Waals surface area contributed by atoms with Gasteiger partial charge in [-0.1, -0.05) is 37.6 Å². The molecule has 202 valence electrons. The van der Waals surface area contributed by atoms with Crippen molar-refractivity contribution >= 4 is 12.1 Å². The predicted octanol–water partition coefficient (Wildman–Crippen LogP) is 6.12. The first-order valence-corrected chi connectivity index (χ1v) is 13.1. The molecular weight excluding hydrogens is 473 g/mol. The molecule has 3 amide bonds. The van der Waals surface area contributed by atoms with Crippen LogP contribution in [0.25, 0.3) is 0 Å². The lowest BCUT2D eigenvalue weighted by Gasteiger charge is -2.39. The number of piperidine rings is 1. The van der Waals surface area contributed by atoms with Gasteiger partial charge in [-0.3, -0.25) is 0 Å². The Balaban J connectivity index is 1.62. The van der Waals surface area contributed by atoms with E-state index in [4.69, 9.17) is 9.47 Å². The first-order chi connectivity index (χ1) is 17.6. The Morgan fingerprint density at radius 3 is 2.24 bits per heavy atom. The first kappa shape index (κ1) is 28.3. The fraction of sp³-hybridized carbons (Fsp3) is 0.517. The van der Waals surface area contributed by atoms with Gasteiger partial charge in [0.15, 0.2) is 0 Å². The van der Waals surface area contributed by atoms with Crippen molar-refractivity contribution in [3.8, 4) is 5.75 Å². The average Bonchev–Trinajstić information content (AvgIpc) is 2.87. The van der Waals surface area contributed by atoms with Crippen LogP contribution in [0.5, 0.6) is 5.75 Å². The van der Waals surface area contributed by atoms with Gasteiger partial charge in [0.1, 0.15) is 17.2 Å². The second-order valence-corrected chi connectivity index (χ2v) is 10.5. The maximum absolute atomic E-state index is 13.4. The summed E-state index contributed by atoms with van der Waals surface area (Å²) in [7, 11) is 0. The zero-order valence-corrected chi connectivity index (χ0v) is 22.5. The predicted molar refractivity (Wildman–Crippen MR) is 142 cm³/mol. The molecule has 0 radical (unpaired) electrons. The topological polar surface area (TPSA) is 71.1 Å². The highest BCUT2D eigenvalue weighted by Gasteiger charge is 2.31. The van der Waals surface area contributed by atoms with Crippen LogP contribution in [0.2, 0.25) is 0 Å². The van der Waals surface area contributed by atoms with Crippen LogP contribution in [-0.4, -0.2) is 53.3 Å². The smallest absolute Gasteiger partial charge is 0.410 e. The fourth-order valence-electron chi connectivity index (χ4n) is 4.16. The monoisotopic (exact) mass is 513 g/mol. The molecule has 1 aliphatic heterocycles. The zero-order chi connectivity index (χ0) is 26.8. The van der Waals surface area contributed by atoms with Crippen molar-refractivity contribution in [3.63, 3.8) is 0 Å². The number of unbranched alkanes of at least 4 members (excludes halogenated alkanes) is 1. The molecule has 3 rings (SSSR count). The van der Waals surface area contributed by atoms with Gasteiger partial charge in [-0.25, -0.2) is 14.0 Å². The van der Waals surface area contributed by atoms with Gasteiger partial charge in [0.05, 0.1) is 6.61 Å². The Hall–Kier alpha value is -3.29. The molecule has 0 saturated carbocycles. The fourth-order valence-corrected chi connectivity index (χ4v) is 4.16. The number of benzene rings is 2. The highest BCUT2D eigenvalue weighted by molar-refractivity contribution is 5.74. The minimum absolute atomic E-state index is 0.0573. The summed E-state index contributed by atoms with van der Waals surface area (Å²) in [5.74, 6) is 0.505. The summed E-state index contributed by atoms with van der Waals surface area (Å²) < 4.78 is 24.7. The van der Waals surface area contributed by atoms with E-state index in [-0.39, 0.29) is 24.0 Å². The Kier molecular flexibility index (Phi) is 10.2. The number of hydrogen-bond donors (Lipinski definition) is 1. The quantitative estimate of drug-likeness (QED) is 0.410. The van der Waals surface area contributed by atoms with Gasteiger partial charge in [0, 0.05) is 32.2 Å². The summed E-state index contributed by atoms with van der Waals surface area (Å²) in [6, 6.07) is 13.7. The van der Waals surface area contributed by atoms with E-state index < -0.39 is 5.60 Å². The molecular formula is C29H40FN3O4. The first-order valence-electron chi connectivity index (χ1n) is 13.1. The molecule has 1 fully saturated rings. The third-order valence-electron chi connectivity index (χ3n) is 6.22. The number of nitrogens with one attached hydrogen (secondary N) is 1. The molecule has 1 aliphatic rings. The zero-order valence-electron chi connectivity index (χ0n) is 22.5. The van der Waals surface area contributed by atoms with Crippen LogP contribution in [0.1, 0.15) is 64.5 Å². The maximum atomic E-state index is 13.4. The molecule has 1 heterocycles. The number of rotatable bonds is 9. The van der Waals surface area contributed by atoms with Gasteiger partial charge in [0.2, 0.25) is 0 Å². The van der Waals surface area contributed by atoms with Crippen molar-refractivity contribution < 1.29 is 23.5 Å². The summed E-state index contributed by atoms with van der Waals surface area (Å²) in [5, 5.41) is 3.03. The lowest BCUT2D eigenvalue weighted by Crippen LogP contribution is -2.51. The van der Waals surface area contributed by atoms with E-state index in [1.54, 1.807) is 21.9 Å². The molecule has 0 aromatic heterocycles. The van der Waals surface area contributed by atoms with Gasteiger partial charge < -0.3 is 24.6 Å². The van der Waals surface area contributed by atoms with Crippen molar-refractivity contribution in [2.75, 3.05) is 19.7 Å². The van der Waals surface area contributed by atoms with E-state index in [0.29, 0.717) is 45.6 Å². The molecule has 37 heavy (non-hydrogen) atoms. The van der Waals surface area contributed by atoms with Gasteiger partial charge in [-0.2, -0.15) is 0 Å².